The number of nitro groups is 1. The standard InChI is InChI=1S/C21H16N4O4/c1-2-29-21(26)15-12-18-19(14-7-6-10-17(11-14)25(27)28)23-24(20(18)22-13-15)16-8-4-3-5-9-16/h3-13H,2H2,1H3. The van der Waals surface area contributed by atoms with Crippen LogP contribution in [0.25, 0.3) is 28.0 Å². The van der Waals surface area contributed by atoms with Gasteiger partial charge in [-0.15, -0.1) is 0 Å². The molecule has 29 heavy (non-hydrogen) atoms. The highest BCUT2D eigenvalue weighted by molar-refractivity contribution is 5.98. The van der Waals surface area contributed by atoms with Crippen molar-refractivity contribution in [2.45, 2.75) is 6.92 Å². The predicted octanol–water partition coefficient (Wildman–Crippen LogP) is 4.17. The van der Waals surface area contributed by atoms with Crippen LogP contribution in [0.3, 0.4) is 0 Å². The Hall–Kier alpha value is -4.07. The van der Waals surface area contributed by atoms with Gasteiger partial charge in [-0.05, 0) is 25.1 Å². The topological polar surface area (TPSA) is 100 Å². The molecule has 0 bridgehead atoms. The molecule has 0 saturated carbocycles. The van der Waals surface area contributed by atoms with Gasteiger partial charge in [-0.1, -0.05) is 30.3 Å². The van der Waals surface area contributed by atoms with Gasteiger partial charge in [0, 0.05) is 29.3 Å². The molecule has 0 spiro atoms. The van der Waals surface area contributed by atoms with Gasteiger partial charge in [0.15, 0.2) is 5.65 Å². The van der Waals surface area contributed by atoms with Crippen molar-refractivity contribution in [3.63, 3.8) is 0 Å². The Morgan fingerprint density at radius 2 is 1.93 bits per heavy atom. The highest BCUT2D eigenvalue weighted by Gasteiger charge is 2.19. The van der Waals surface area contributed by atoms with Crippen LogP contribution in [-0.4, -0.2) is 32.3 Å². The van der Waals surface area contributed by atoms with Crippen LogP contribution in [0.15, 0.2) is 66.9 Å². The molecule has 144 valence electrons. The molecule has 0 fully saturated rings. The Balaban J connectivity index is 1.96. The number of aromatic nitrogens is 3. The molecule has 2 aromatic heterocycles. The summed E-state index contributed by atoms with van der Waals surface area (Å²) in [6, 6.07) is 17.3. The van der Waals surface area contributed by atoms with Crippen LogP contribution >= 0.6 is 0 Å². The molecule has 2 aromatic carbocycles. The van der Waals surface area contributed by atoms with E-state index in [1.807, 2.05) is 30.3 Å². The minimum absolute atomic E-state index is 0.0422. The molecule has 0 radical (unpaired) electrons. The molecule has 0 aliphatic heterocycles. The summed E-state index contributed by atoms with van der Waals surface area (Å²) in [6.07, 6.45) is 1.44. The summed E-state index contributed by atoms with van der Waals surface area (Å²) in [5, 5.41) is 16.4. The minimum atomic E-state index is -0.487. The number of fused-ring (bicyclic) bond motifs is 1. The van der Waals surface area contributed by atoms with Gasteiger partial charge >= 0.3 is 5.97 Å². The average molecular weight is 388 g/mol. The third-order valence-corrected chi connectivity index (χ3v) is 4.36. The molecule has 0 aliphatic carbocycles. The second kappa shape index (κ2) is 7.51. The van der Waals surface area contributed by atoms with E-state index in [1.54, 1.807) is 29.8 Å². The first-order valence-electron chi connectivity index (χ1n) is 8.94. The van der Waals surface area contributed by atoms with Crippen molar-refractivity contribution in [3.05, 3.63) is 82.5 Å². The Labute approximate surface area is 165 Å². The van der Waals surface area contributed by atoms with Gasteiger partial charge < -0.3 is 4.74 Å². The van der Waals surface area contributed by atoms with Gasteiger partial charge in [0.1, 0.15) is 5.69 Å². The van der Waals surface area contributed by atoms with E-state index in [1.165, 1.54) is 18.3 Å². The Morgan fingerprint density at radius 3 is 2.66 bits per heavy atom. The van der Waals surface area contributed by atoms with E-state index < -0.39 is 10.9 Å². The largest absolute Gasteiger partial charge is 0.462 e. The molecule has 4 aromatic rings. The molecule has 0 N–H and O–H groups in total. The van der Waals surface area contributed by atoms with Crippen LogP contribution in [0.1, 0.15) is 17.3 Å². The number of esters is 1. The zero-order chi connectivity index (χ0) is 20.4. The second-order valence-electron chi connectivity index (χ2n) is 6.22. The fourth-order valence-corrected chi connectivity index (χ4v) is 3.06. The summed E-state index contributed by atoms with van der Waals surface area (Å²) in [5.74, 6) is -0.487. The van der Waals surface area contributed by atoms with Crippen LogP contribution in [0, 0.1) is 10.1 Å². The maximum Gasteiger partial charge on any atom is 0.339 e. The summed E-state index contributed by atoms with van der Waals surface area (Å²) in [4.78, 5) is 27.3. The van der Waals surface area contributed by atoms with E-state index in [2.05, 4.69) is 10.1 Å². The summed E-state index contributed by atoms with van der Waals surface area (Å²) in [5.41, 5.74) is 2.61. The summed E-state index contributed by atoms with van der Waals surface area (Å²) >= 11 is 0. The monoisotopic (exact) mass is 388 g/mol. The summed E-state index contributed by atoms with van der Waals surface area (Å²) < 4.78 is 6.72. The van der Waals surface area contributed by atoms with E-state index in [0.717, 1.165) is 5.69 Å². The van der Waals surface area contributed by atoms with Crippen LogP contribution < -0.4 is 0 Å². The molecule has 8 nitrogen and oxygen atoms in total. The van der Waals surface area contributed by atoms with Crippen molar-refractivity contribution in [1.82, 2.24) is 14.8 Å². The van der Waals surface area contributed by atoms with Gasteiger partial charge in [-0.25, -0.2) is 14.5 Å². The molecular weight excluding hydrogens is 372 g/mol. The SMILES string of the molecule is CCOC(=O)c1cnc2c(c1)c(-c1cccc([N+](=O)[O-])c1)nn2-c1ccccc1. The highest BCUT2D eigenvalue weighted by atomic mass is 16.6. The van der Waals surface area contributed by atoms with E-state index in [4.69, 9.17) is 4.74 Å². The third-order valence-electron chi connectivity index (χ3n) is 4.36. The van der Waals surface area contributed by atoms with Gasteiger partial charge in [0.05, 0.1) is 22.8 Å². The van der Waals surface area contributed by atoms with E-state index in [0.29, 0.717) is 27.9 Å². The lowest BCUT2D eigenvalue weighted by molar-refractivity contribution is -0.384. The van der Waals surface area contributed by atoms with E-state index in [-0.39, 0.29) is 12.3 Å². The molecule has 0 saturated heterocycles. The molecule has 0 atom stereocenters. The number of non-ortho nitro benzene ring substituents is 1. The number of benzene rings is 2. The summed E-state index contributed by atoms with van der Waals surface area (Å²) in [7, 11) is 0. The van der Waals surface area contributed by atoms with Crippen molar-refractivity contribution >= 4 is 22.7 Å². The first-order chi connectivity index (χ1) is 14.1. The van der Waals surface area contributed by atoms with Crippen molar-refractivity contribution < 1.29 is 14.5 Å². The van der Waals surface area contributed by atoms with Crippen LogP contribution in [-0.2, 0) is 4.74 Å². The van der Waals surface area contributed by atoms with E-state index >= 15 is 0 Å². The number of pyridine rings is 1. The smallest absolute Gasteiger partial charge is 0.339 e. The van der Waals surface area contributed by atoms with Crippen LogP contribution in [0.2, 0.25) is 0 Å². The first-order valence-corrected chi connectivity index (χ1v) is 8.94. The maximum atomic E-state index is 12.2. The van der Waals surface area contributed by atoms with Crippen molar-refractivity contribution in [3.8, 4) is 16.9 Å². The van der Waals surface area contributed by atoms with Crippen molar-refractivity contribution in [2.24, 2.45) is 0 Å². The zero-order valence-electron chi connectivity index (χ0n) is 15.5. The Kier molecular flexibility index (Phi) is 4.74. The number of nitro benzene ring substituents is 1. The van der Waals surface area contributed by atoms with Crippen LogP contribution in [0.5, 0.6) is 0 Å². The minimum Gasteiger partial charge on any atom is -0.462 e. The fourth-order valence-electron chi connectivity index (χ4n) is 3.06. The number of carbonyl (C=O) groups excluding carboxylic acids is 1. The van der Waals surface area contributed by atoms with Gasteiger partial charge in [0.25, 0.3) is 5.69 Å². The van der Waals surface area contributed by atoms with Crippen molar-refractivity contribution in [1.29, 1.82) is 0 Å². The van der Waals surface area contributed by atoms with Crippen molar-refractivity contribution in [2.75, 3.05) is 6.61 Å². The molecular formula is C21H16N4O4. The number of hydrogen-bond donors (Lipinski definition) is 0. The number of hydrogen-bond acceptors (Lipinski definition) is 6. The maximum absolute atomic E-state index is 12.2. The zero-order valence-corrected chi connectivity index (χ0v) is 15.5. The molecule has 2 heterocycles. The average Bonchev–Trinajstić information content (AvgIpc) is 3.13. The Bertz CT molecular complexity index is 1220. The molecule has 0 amide bonds. The number of nitrogens with zero attached hydrogens (tertiary/aromatic N) is 4. The molecule has 0 aliphatic rings. The summed E-state index contributed by atoms with van der Waals surface area (Å²) in [6.45, 7) is 1.98. The molecule has 4 rings (SSSR count). The van der Waals surface area contributed by atoms with Gasteiger partial charge in [-0.2, -0.15) is 5.10 Å². The quantitative estimate of drug-likeness (QED) is 0.289. The number of ether oxygens (including phenoxy) is 1. The molecule has 8 heteroatoms. The molecule has 0 unspecified atom stereocenters. The first kappa shape index (κ1) is 18.3. The fraction of sp³-hybridized carbons (Fsp3) is 0.0952. The lowest BCUT2D eigenvalue weighted by atomic mass is 10.1. The third kappa shape index (κ3) is 3.43. The van der Waals surface area contributed by atoms with Gasteiger partial charge in [0.2, 0.25) is 0 Å². The van der Waals surface area contributed by atoms with E-state index in [9.17, 15) is 14.9 Å². The highest BCUT2D eigenvalue weighted by Crippen LogP contribution is 2.31. The second-order valence-corrected chi connectivity index (χ2v) is 6.22. The number of carbonyl (C=O) groups is 1. The normalized spacial score (nSPS) is 10.8. The lowest BCUT2D eigenvalue weighted by Crippen LogP contribution is -2.05. The number of rotatable bonds is 5. The predicted molar refractivity (Wildman–Crippen MR) is 107 cm³/mol. The Morgan fingerprint density at radius 1 is 1.14 bits per heavy atom. The van der Waals surface area contributed by atoms with Gasteiger partial charge in [-0.3, -0.25) is 10.1 Å². The van der Waals surface area contributed by atoms with Crippen LogP contribution in [0.4, 0.5) is 5.69 Å². The lowest BCUT2D eigenvalue weighted by Gasteiger charge is -2.03. The number of para-hydroxylation sites is 1.